The summed E-state index contributed by atoms with van der Waals surface area (Å²) in [5.74, 6) is 0.916. The maximum atomic E-state index is 13.2. The molecule has 0 fully saturated rings. The van der Waals surface area contributed by atoms with E-state index in [0.717, 1.165) is 12.1 Å². The number of aromatic nitrogens is 2. The van der Waals surface area contributed by atoms with Crippen molar-refractivity contribution in [2.24, 2.45) is 12.0 Å². The zero-order valence-electron chi connectivity index (χ0n) is 17.4. The zero-order valence-corrected chi connectivity index (χ0v) is 19.7. The molecule has 2 N–H and O–H groups in total. The van der Waals surface area contributed by atoms with Crippen LogP contribution in [0.1, 0.15) is 30.8 Å². The van der Waals surface area contributed by atoms with Crippen molar-refractivity contribution in [1.82, 2.24) is 20.4 Å². The second-order valence-corrected chi connectivity index (χ2v) is 6.86. The minimum absolute atomic E-state index is 0. The standard InChI is InChI=1S/C20H30FN5O.HI/c1-13(10-19-15(3)25-26(6)16(19)4)24-20(22-5)23-12-14(2)27-18-9-7-8-17(21)11-18;/h7-9,11,13-14H,10,12H2,1-6H3,(H2,22,23,24);1H. The second kappa shape index (κ2) is 11.2. The van der Waals surface area contributed by atoms with E-state index in [4.69, 9.17) is 4.74 Å². The summed E-state index contributed by atoms with van der Waals surface area (Å²) in [6, 6.07) is 6.35. The summed E-state index contributed by atoms with van der Waals surface area (Å²) in [6.45, 7) is 8.71. The lowest BCUT2D eigenvalue weighted by Gasteiger charge is -2.21. The number of nitrogens with one attached hydrogen (secondary N) is 2. The number of guanidine groups is 1. The average Bonchev–Trinajstić information content (AvgIpc) is 2.84. The Bertz CT molecular complexity index is 793. The molecule has 0 amide bonds. The number of hydrogen-bond acceptors (Lipinski definition) is 3. The van der Waals surface area contributed by atoms with Crippen LogP contribution >= 0.6 is 24.0 Å². The van der Waals surface area contributed by atoms with Gasteiger partial charge in [-0.2, -0.15) is 5.10 Å². The summed E-state index contributed by atoms with van der Waals surface area (Å²) in [6.07, 6.45) is 0.727. The van der Waals surface area contributed by atoms with Gasteiger partial charge in [0, 0.05) is 31.9 Å². The van der Waals surface area contributed by atoms with Crippen LogP contribution in [0.2, 0.25) is 0 Å². The molecule has 2 aromatic rings. The van der Waals surface area contributed by atoms with Gasteiger partial charge in [0.15, 0.2) is 5.96 Å². The number of nitrogens with zero attached hydrogens (tertiary/aromatic N) is 3. The van der Waals surface area contributed by atoms with Crippen LogP contribution < -0.4 is 15.4 Å². The third-order valence-corrected chi connectivity index (χ3v) is 4.47. The molecule has 0 aliphatic rings. The van der Waals surface area contributed by atoms with Crippen LogP contribution in [0.15, 0.2) is 29.3 Å². The van der Waals surface area contributed by atoms with E-state index in [0.29, 0.717) is 18.3 Å². The molecule has 6 nitrogen and oxygen atoms in total. The predicted octanol–water partition coefficient (Wildman–Crippen LogP) is 3.36. The molecule has 2 unspecified atom stereocenters. The van der Waals surface area contributed by atoms with Crippen molar-refractivity contribution in [3.8, 4) is 5.75 Å². The monoisotopic (exact) mass is 503 g/mol. The summed E-state index contributed by atoms with van der Waals surface area (Å²) >= 11 is 0. The highest BCUT2D eigenvalue weighted by Gasteiger charge is 2.14. The summed E-state index contributed by atoms with van der Waals surface area (Å²) < 4.78 is 20.9. The van der Waals surface area contributed by atoms with Gasteiger partial charge < -0.3 is 15.4 Å². The average molecular weight is 503 g/mol. The number of ether oxygens (including phenoxy) is 1. The van der Waals surface area contributed by atoms with Gasteiger partial charge in [-0.3, -0.25) is 9.67 Å². The van der Waals surface area contributed by atoms with E-state index in [1.807, 2.05) is 25.6 Å². The van der Waals surface area contributed by atoms with Crippen LogP contribution in [0.3, 0.4) is 0 Å². The first-order valence-corrected chi connectivity index (χ1v) is 9.18. The zero-order chi connectivity index (χ0) is 20.0. The predicted molar refractivity (Wildman–Crippen MR) is 122 cm³/mol. The van der Waals surface area contributed by atoms with E-state index in [2.05, 4.69) is 34.6 Å². The van der Waals surface area contributed by atoms with Gasteiger partial charge in [0.1, 0.15) is 17.7 Å². The van der Waals surface area contributed by atoms with Crippen molar-refractivity contribution in [3.63, 3.8) is 0 Å². The molecule has 2 atom stereocenters. The number of halogens is 2. The van der Waals surface area contributed by atoms with Gasteiger partial charge in [-0.25, -0.2) is 4.39 Å². The van der Waals surface area contributed by atoms with Gasteiger partial charge in [0.2, 0.25) is 0 Å². The molecule has 156 valence electrons. The quantitative estimate of drug-likeness (QED) is 0.346. The van der Waals surface area contributed by atoms with E-state index in [1.165, 1.54) is 23.4 Å². The van der Waals surface area contributed by atoms with Crippen LogP contribution in [0.4, 0.5) is 4.39 Å². The molecule has 0 bridgehead atoms. The maximum Gasteiger partial charge on any atom is 0.191 e. The lowest BCUT2D eigenvalue weighted by Crippen LogP contribution is -2.45. The van der Waals surface area contributed by atoms with E-state index in [9.17, 15) is 4.39 Å². The number of rotatable bonds is 7. The fraction of sp³-hybridized carbons (Fsp3) is 0.500. The second-order valence-electron chi connectivity index (χ2n) is 6.86. The van der Waals surface area contributed by atoms with Gasteiger partial charge in [0.25, 0.3) is 0 Å². The normalized spacial score (nSPS) is 13.5. The largest absolute Gasteiger partial charge is 0.489 e. The third kappa shape index (κ3) is 6.96. The van der Waals surface area contributed by atoms with Crippen LogP contribution in [0.5, 0.6) is 5.75 Å². The maximum absolute atomic E-state index is 13.2. The van der Waals surface area contributed by atoms with Gasteiger partial charge in [0.05, 0.1) is 12.2 Å². The summed E-state index contributed by atoms with van der Waals surface area (Å²) in [7, 11) is 3.70. The molecule has 28 heavy (non-hydrogen) atoms. The summed E-state index contributed by atoms with van der Waals surface area (Å²) in [4.78, 5) is 4.27. The van der Waals surface area contributed by atoms with Gasteiger partial charge in [-0.1, -0.05) is 6.07 Å². The van der Waals surface area contributed by atoms with Crippen molar-refractivity contribution < 1.29 is 9.13 Å². The molecule has 0 saturated carbocycles. The molecule has 0 radical (unpaired) electrons. The van der Waals surface area contributed by atoms with E-state index < -0.39 is 0 Å². The van der Waals surface area contributed by atoms with Gasteiger partial charge >= 0.3 is 0 Å². The van der Waals surface area contributed by atoms with Crippen molar-refractivity contribution in [2.45, 2.75) is 46.3 Å². The van der Waals surface area contributed by atoms with Gasteiger partial charge in [-0.05, 0) is 51.8 Å². The number of benzene rings is 1. The van der Waals surface area contributed by atoms with E-state index in [-0.39, 0.29) is 41.9 Å². The molecule has 8 heteroatoms. The number of aryl methyl sites for hydroxylation is 2. The SMILES string of the molecule is CN=C(NCC(C)Oc1cccc(F)c1)NC(C)Cc1c(C)nn(C)c1C.I. The van der Waals surface area contributed by atoms with Gasteiger partial charge in [-0.15, -0.1) is 24.0 Å². The first kappa shape index (κ1) is 24.2. The summed E-state index contributed by atoms with van der Waals surface area (Å²) in [5, 5.41) is 11.1. The molecular formula is C20H31FIN5O. The smallest absolute Gasteiger partial charge is 0.191 e. The lowest BCUT2D eigenvalue weighted by molar-refractivity contribution is 0.223. The Morgan fingerprint density at radius 2 is 2.04 bits per heavy atom. The van der Waals surface area contributed by atoms with Crippen LogP contribution in [-0.4, -0.2) is 41.5 Å². The molecule has 1 heterocycles. The Morgan fingerprint density at radius 1 is 1.32 bits per heavy atom. The lowest BCUT2D eigenvalue weighted by atomic mass is 10.1. The highest BCUT2D eigenvalue weighted by atomic mass is 127. The van der Waals surface area contributed by atoms with Crippen molar-refractivity contribution in [2.75, 3.05) is 13.6 Å². The first-order chi connectivity index (χ1) is 12.8. The Balaban J connectivity index is 0.00000392. The Labute approximate surface area is 184 Å². The Hall–Kier alpha value is -1.84. The Kier molecular flexibility index (Phi) is 9.71. The fourth-order valence-corrected chi connectivity index (χ4v) is 2.95. The van der Waals surface area contributed by atoms with E-state index in [1.54, 1.807) is 19.2 Å². The number of hydrogen-bond donors (Lipinski definition) is 2. The molecule has 0 spiro atoms. The molecule has 0 saturated heterocycles. The van der Waals surface area contributed by atoms with Crippen molar-refractivity contribution in [3.05, 3.63) is 47.0 Å². The van der Waals surface area contributed by atoms with Crippen LogP contribution in [0, 0.1) is 19.7 Å². The highest BCUT2D eigenvalue weighted by Crippen LogP contribution is 2.15. The van der Waals surface area contributed by atoms with Crippen molar-refractivity contribution in [1.29, 1.82) is 0 Å². The molecule has 0 aliphatic carbocycles. The van der Waals surface area contributed by atoms with E-state index >= 15 is 0 Å². The molecular weight excluding hydrogens is 472 g/mol. The summed E-state index contributed by atoms with van der Waals surface area (Å²) in [5.41, 5.74) is 3.50. The highest BCUT2D eigenvalue weighted by molar-refractivity contribution is 14.0. The fourth-order valence-electron chi connectivity index (χ4n) is 2.95. The minimum Gasteiger partial charge on any atom is -0.489 e. The third-order valence-electron chi connectivity index (χ3n) is 4.47. The molecule has 1 aromatic heterocycles. The minimum atomic E-state index is -0.306. The number of aliphatic imine (C=N–C) groups is 1. The van der Waals surface area contributed by atoms with Crippen molar-refractivity contribution >= 4 is 29.9 Å². The topological polar surface area (TPSA) is 63.5 Å². The molecule has 2 rings (SSSR count). The van der Waals surface area contributed by atoms with Crippen LogP contribution in [0.25, 0.3) is 0 Å². The molecule has 0 aliphatic heterocycles. The van der Waals surface area contributed by atoms with Crippen LogP contribution in [-0.2, 0) is 13.5 Å². The first-order valence-electron chi connectivity index (χ1n) is 9.18. The molecule has 1 aromatic carbocycles. The Morgan fingerprint density at radius 3 is 2.61 bits per heavy atom.